The van der Waals surface area contributed by atoms with Crippen molar-refractivity contribution in [1.29, 1.82) is 0 Å². The topological polar surface area (TPSA) is 75.0 Å². The van der Waals surface area contributed by atoms with E-state index in [1.807, 2.05) is 0 Å². The number of hydrogen-bond donors (Lipinski definition) is 2. The Labute approximate surface area is 118 Å². The quantitative estimate of drug-likeness (QED) is 0.850. The zero-order chi connectivity index (χ0) is 15.6. The van der Waals surface area contributed by atoms with Crippen LogP contribution in [0.1, 0.15) is 13.3 Å². The Morgan fingerprint density at radius 1 is 1.38 bits per heavy atom. The van der Waals surface area contributed by atoms with Crippen molar-refractivity contribution >= 4 is 22.5 Å². The van der Waals surface area contributed by atoms with Crippen LogP contribution in [0.4, 0.5) is 24.8 Å². The molecule has 1 heterocycles. The second-order valence-corrected chi connectivity index (χ2v) is 4.70. The molecule has 0 saturated carbocycles. The van der Waals surface area contributed by atoms with Crippen molar-refractivity contribution in [3.63, 3.8) is 0 Å². The highest BCUT2D eigenvalue weighted by Gasteiger charge is 2.31. The summed E-state index contributed by atoms with van der Waals surface area (Å²) >= 11 is 0. The van der Waals surface area contributed by atoms with E-state index in [-0.39, 0.29) is 17.9 Å². The van der Waals surface area contributed by atoms with Crippen LogP contribution in [-0.4, -0.2) is 29.2 Å². The molecule has 0 aliphatic carbocycles. The van der Waals surface area contributed by atoms with Crippen molar-refractivity contribution < 1.29 is 13.2 Å². The highest BCUT2D eigenvalue weighted by atomic mass is 19.4. The molecule has 2 aromatic rings. The number of halogens is 3. The van der Waals surface area contributed by atoms with E-state index in [2.05, 4.69) is 9.97 Å². The molecule has 8 heteroatoms. The SMILES string of the molecule is CCCN(CC(F)(F)F)c1nc2ccc(N)cc2c(=O)[nH]1. The molecule has 2 rings (SSSR count). The van der Waals surface area contributed by atoms with Crippen molar-refractivity contribution in [3.8, 4) is 0 Å². The number of aromatic amines is 1. The number of nitrogens with two attached hydrogens (primary N) is 1. The lowest BCUT2D eigenvalue weighted by Crippen LogP contribution is -2.37. The number of H-pyrrole nitrogens is 1. The van der Waals surface area contributed by atoms with Gasteiger partial charge in [0.1, 0.15) is 6.54 Å². The molecular formula is C13H15F3N4O. The van der Waals surface area contributed by atoms with E-state index in [0.29, 0.717) is 17.6 Å². The average molecular weight is 300 g/mol. The smallest absolute Gasteiger partial charge is 0.399 e. The zero-order valence-corrected chi connectivity index (χ0v) is 11.4. The largest absolute Gasteiger partial charge is 0.406 e. The van der Waals surface area contributed by atoms with Gasteiger partial charge in [0, 0.05) is 12.2 Å². The van der Waals surface area contributed by atoms with Crippen molar-refractivity contribution in [2.24, 2.45) is 0 Å². The number of hydrogen-bond acceptors (Lipinski definition) is 4. The first-order valence-electron chi connectivity index (χ1n) is 6.41. The predicted molar refractivity (Wildman–Crippen MR) is 75.3 cm³/mol. The van der Waals surface area contributed by atoms with Crippen LogP contribution >= 0.6 is 0 Å². The van der Waals surface area contributed by atoms with Gasteiger partial charge < -0.3 is 10.6 Å². The summed E-state index contributed by atoms with van der Waals surface area (Å²) in [5.74, 6) is -0.0866. The van der Waals surface area contributed by atoms with Crippen LogP contribution in [0.15, 0.2) is 23.0 Å². The Morgan fingerprint density at radius 2 is 2.10 bits per heavy atom. The van der Waals surface area contributed by atoms with Gasteiger partial charge in [-0.2, -0.15) is 13.2 Å². The van der Waals surface area contributed by atoms with Crippen molar-refractivity contribution in [1.82, 2.24) is 9.97 Å². The second-order valence-electron chi connectivity index (χ2n) is 4.70. The van der Waals surface area contributed by atoms with Gasteiger partial charge in [0.15, 0.2) is 0 Å². The van der Waals surface area contributed by atoms with Gasteiger partial charge in [0.25, 0.3) is 5.56 Å². The van der Waals surface area contributed by atoms with Crippen molar-refractivity contribution in [2.45, 2.75) is 19.5 Å². The number of anilines is 2. The highest BCUT2D eigenvalue weighted by molar-refractivity contribution is 5.81. The van der Waals surface area contributed by atoms with Gasteiger partial charge >= 0.3 is 6.18 Å². The molecule has 0 atom stereocenters. The van der Waals surface area contributed by atoms with E-state index < -0.39 is 18.3 Å². The number of rotatable bonds is 4. The minimum absolute atomic E-state index is 0.0866. The third-order valence-corrected chi connectivity index (χ3v) is 2.88. The highest BCUT2D eigenvalue weighted by Crippen LogP contribution is 2.21. The Balaban J connectivity index is 2.48. The van der Waals surface area contributed by atoms with E-state index in [0.717, 1.165) is 4.90 Å². The Kier molecular flexibility index (Phi) is 4.06. The summed E-state index contributed by atoms with van der Waals surface area (Å²) in [5.41, 5.74) is 5.78. The maximum absolute atomic E-state index is 12.6. The number of alkyl halides is 3. The van der Waals surface area contributed by atoms with E-state index in [9.17, 15) is 18.0 Å². The van der Waals surface area contributed by atoms with Crippen molar-refractivity contribution in [3.05, 3.63) is 28.6 Å². The minimum Gasteiger partial charge on any atom is -0.399 e. The van der Waals surface area contributed by atoms with Gasteiger partial charge in [-0.3, -0.25) is 9.78 Å². The van der Waals surface area contributed by atoms with Crippen LogP contribution in [0.2, 0.25) is 0 Å². The molecule has 114 valence electrons. The van der Waals surface area contributed by atoms with Gasteiger partial charge in [-0.1, -0.05) is 6.92 Å². The Bertz CT molecular complexity index is 696. The molecule has 0 spiro atoms. The number of nitrogens with one attached hydrogen (secondary N) is 1. The predicted octanol–water partition coefficient (Wildman–Crippen LogP) is 2.28. The normalized spacial score (nSPS) is 11.8. The van der Waals surface area contributed by atoms with Gasteiger partial charge in [0.05, 0.1) is 10.9 Å². The average Bonchev–Trinajstić information content (AvgIpc) is 2.37. The summed E-state index contributed by atoms with van der Waals surface area (Å²) < 4.78 is 37.8. The lowest BCUT2D eigenvalue weighted by Gasteiger charge is -2.23. The van der Waals surface area contributed by atoms with E-state index in [1.165, 1.54) is 12.1 Å². The maximum atomic E-state index is 12.6. The molecule has 1 aromatic carbocycles. The molecule has 0 radical (unpaired) electrons. The van der Waals surface area contributed by atoms with E-state index >= 15 is 0 Å². The molecule has 0 aliphatic heterocycles. The zero-order valence-electron chi connectivity index (χ0n) is 11.4. The van der Waals surface area contributed by atoms with Gasteiger partial charge in [-0.25, -0.2) is 4.98 Å². The maximum Gasteiger partial charge on any atom is 0.406 e. The lowest BCUT2D eigenvalue weighted by atomic mass is 10.2. The lowest BCUT2D eigenvalue weighted by molar-refractivity contribution is -0.119. The third kappa shape index (κ3) is 3.65. The van der Waals surface area contributed by atoms with Crippen LogP contribution in [0, 0.1) is 0 Å². The molecule has 0 unspecified atom stereocenters. The van der Waals surface area contributed by atoms with Crippen LogP contribution in [0.3, 0.4) is 0 Å². The first-order chi connectivity index (χ1) is 9.80. The molecular weight excluding hydrogens is 285 g/mol. The van der Waals surface area contributed by atoms with Crippen LogP contribution in [0.25, 0.3) is 10.9 Å². The summed E-state index contributed by atoms with van der Waals surface area (Å²) in [4.78, 5) is 19.5. The first kappa shape index (κ1) is 15.1. The Hall–Kier alpha value is -2.25. The fourth-order valence-corrected chi connectivity index (χ4v) is 2.04. The fourth-order valence-electron chi connectivity index (χ4n) is 2.04. The molecule has 5 nitrogen and oxygen atoms in total. The third-order valence-electron chi connectivity index (χ3n) is 2.88. The summed E-state index contributed by atoms with van der Waals surface area (Å²) in [7, 11) is 0. The molecule has 0 amide bonds. The van der Waals surface area contributed by atoms with Gasteiger partial charge in [-0.05, 0) is 24.6 Å². The van der Waals surface area contributed by atoms with Crippen LogP contribution < -0.4 is 16.2 Å². The Morgan fingerprint density at radius 3 is 2.71 bits per heavy atom. The van der Waals surface area contributed by atoms with Crippen molar-refractivity contribution in [2.75, 3.05) is 23.7 Å². The standard InChI is InChI=1S/C13H15F3N4O/c1-2-5-20(7-13(14,15)16)12-18-10-4-3-8(17)6-9(10)11(21)19-12/h3-4,6H,2,5,7,17H2,1H3,(H,18,19,21). The molecule has 0 fully saturated rings. The minimum atomic E-state index is -4.37. The van der Waals surface area contributed by atoms with Crippen LogP contribution in [0.5, 0.6) is 0 Å². The number of benzene rings is 1. The summed E-state index contributed by atoms with van der Waals surface area (Å²) in [6.07, 6.45) is -3.87. The summed E-state index contributed by atoms with van der Waals surface area (Å²) in [6, 6.07) is 4.51. The fraction of sp³-hybridized carbons (Fsp3) is 0.385. The molecule has 0 bridgehead atoms. The summed E-state index contributed by atoms with van der Waals surface area (Å²) in [6.45, 7) is 0.733. The molecule has 21 heavy (non-hydrogen) atoms. The van der Waals surface area contributed by atoms with Gasteiger partial charge in [-0.15, -0.1) is 0 Å². The second kappa shape index (κ2) is 5.63. The van der Waals surface area contributed by atoms with Crippen LogP contribution in [-0.2, 0) is 0 Å². The number of nitrogens with zero attached hydrogens (tertiary/aromatic N) is 2. The van der Waals surface area contributed by atoms with E-state index in [4.69, 9.17) is 5.73 Å². The molecule has 0 saturated heterocycles. The monoisotopic (exact) mass is 300 g/mol. The first-order valence-corrected chi connectivity index (χ1v) is 6.41. The van der Waals surface area contributed by atoms with E-state index in [1.54, 1.807) is 13.0 Å². The number of nitrogen functional groups attached to an aromatic ring is 1. The molecule has 0 aliphatic rings. The number of aromatic nitrogens is 2. The van der Waals surface area contributed by atoms with Gasteiger partial charge in [0.2, 0.25) is 5.95 Å². The number of fused-ring (bicyclic) bond motifs is 1. The molecule has 3 N–H and O–H groups in total. The molecule has 1 aromatic heterocycles. The summed E-state index contributed by atoms with van der Waals surface area (Å²) in [5, 5.41) is 0.252.